The molecule has 6 atom stereocenters. The Balaban J connectivity index is 1.39. The topological polar surface area (TPSA) is 66.4 Å². The van der Waals surface area contributed by atoms with Crippen molar-refractivity contribution >= 4 is 8.32 Å². The van der Waals surface area contributed by atoms with E-state index in [0.29, 0.717) is 13.2 Å². The van der Waals surface area contributed by atoms with Gasteiger partial charge in [0.25, 0.3) is 0 Å². The molecule has 1 fully saturated rings. The van der Waals surface area contributed by atoms with Gasteiger partial charge in [-0.05, 0) is 84.3 Å². The molecule has 6 nitrogen and oxygen atoms in total. The molecule has 2 aliphatic rings. The highest BCUT2D eigenvalue weighted by Gasteiger charge is 2.59. The Morgan fingerprint density at radius 3 is 1.80 bits per heavy atom. The van der Waals surface area contributed by atoms with E-state index in [0.717, 1.165) is 47.3 Å². The van der Waals surface area contributed by atoms with Gasteiger partial charge in [0.1, 0.15) is 24.1 Å². The molecule has 1 N–H and O–H groups in total. The Kier molecular flexibility index (Phi) is 11.3. The summed E-state index contributed by atoms with van der Waals surface area (Å²) < 4.78 is 34.0. The molecule has 7 heteroatoms. The number of hydrogen-bond acceptors (Lipinski definition) is 6. The number of ether oxygens (including phenoxy) is 4. The molecule has 50 heavy (non-hydrogen) atoms. The predicted molar refractivity (Wildman–Crippen MR) is 200 cm³/mol. The summed E-state index contributed by atoms with van der Waals surface area (Å²) in [5.41, 5.74) is 5.36. The lowest BCUT2D eigenvalue weighted by Crippen LogP contribution is -2.67. The van der Waals surface area contributed by atoms with Gasteiger partial charge in [-0.15, -0.1) is 0 Å². The molecule has 0 bridgehead atoms. The second-order valence-corrected chi connectivity index (χ2v) is 20.2. The molecule has 0 amide bonds. The SMILES string of the molecule is C[C@@H]1O[C@](O)([C@@H]2CCCc3ccc(O[Si](C)(C)C(C)(C)C)cc32)[C@@H](OCc2ccccc2)[C@H](OCc2ccccc2)[C@@H]1OCc1ccccc1. The van der Waals surface area contributed by atoms with Gasteiger partial charge >= 0.3 is 0 Å². The van der Waals surface area contributed by atoms with Crippen molar-refractivity contribution in [2.24, 2.45) is 0 Å². The molecular weight excluding hydrogens is 641 g/mol. The molecule has 0 saturated carbocycles. The first kappa shape index (κ1) is 36.5. The number of aryl methyl sites for hydroxylation is 1. The highest BCUT2D eigenvalue weighted by molar-refractivity contribution is 6.74. The molecular formula is C43H54O6Si. The van der Waals surface area contributed by atoms with Crippen LogP contribution in [0.1, 0.15) is 74.3 Å². The molecule has 0 radical (unpaired) electrons. The van der Waals surface area contributed by atoms with Gasteiger partial charge in [0.15, 0.2) is 0 Å². The standard InChI is InChI=1S/C43H54O6Si/c1-31-39(45-28-32-17-10-7-11-18-32)40(46-29-33-19-12-8-13-20-33)41(47-30-34-21-14-9-15-22-34)43(44,48-31)38-24-16-23-35-25-26-36(27-37(35)38)49-50(5,6)42(2,3)4/h7-15,17-22,25-27,31,38-41,44H,16,23-24,28-30H2,1-6H3/t31-,38+,39+,40+,41-,43+/m0/s1. The fourth-order valence-electron chi connectivity index (χ4n) is 7.03. The maximum Gasteiger partial charge on any atom is 0.250 e. The minimum atomic E-state index is -2.10. The van der Waals surface area contributed by atoms with Crippen LogP contribution in [0.2, 0.25) is 18.1 Å². The van der Waals surface area contributed by atoms with Gasteiger partial charge in [-0.3, -0.25) is 0 Å². The first-order valence-corrected chi connectivity index (χ1v) is 21.0. The van der Waals surface area contributed by atoms with E-state index >= 15 is 0 Å². The summed E-state index contributed by atoms with van der Waals surface area (Å²) in [6.07, 6.45) is 0.123. The van der Waals surface area contributed by atoms with E-state index in [1.807, 2.05) is 73.7 Å². The van der Waals surface area contributed by atoms with Crippen LogP contribution in [0, 0.1) is 0 Å². The van der Waals surface area contributed by atoms with Gasteiger partial charge in [0.2, 0.25) is 14.1 Å². The molecule has 0 unspecified atom stereocenters. The zero-order valence-electron chi connectivity index (χ0n) is 30.5. The van der Waals surface area contributed by atoms with Gasteiger partial charge < -0.3 is 28.5 Å². The largest absolute Gasteiger partial charge is 0.543 e. The zero-order chi connectivity index (χ0) is 35.4. The molecule has 4 aromatic carbocycles. The second-order valence-electron chi connectivity index (χ2n) is 15.5. The van der Waals surface area contributed by atoms with E-state index in [2.05, 4.69) is 76.3 Å². The maximum atomic E-state index is 13.2. The normalized spacial score (nSPS) is 25.5. The Morgan fingerprint density at radius 1 is 0.740 bits per heavy atom. The van der Waals surface area contributed by atoms with E-state index in [4.69, 9.17) is 23.4 Å². The third-order valence-electron chi connectivity index (χ3n) is 10.8. The average Bonchev–Trinajstić information content (AvgIpc) is 3.10. The summed E-state index contributed by atoms with van der Waals surface area (Å²) in [6.45, 7) is 14.3. The van der Waals surface area contributed by atoms with Crippen molar-refractivity contribution in [3.05, 3.63) is 137 Å². The van der Waals surface area contributed by atoms with Crippen LogP contribution in [-0.4, -0.2) is 43.6 Å². The molecule has 1 heterocycles. The molecule has 266 valence electrons. The quantitative estimate of drug-likeness (QED) is 0.149. The zero-order valence-corrected chi connectivity index (χ0v) is 31.5. The second kappa shape index (κ2) is 15.5. The minimum Gasteiger partial charge on any atom is -0.543 e. The summed E-state index contributed by atoms with van der Waals surface area (Å²) in [5, 5.41) is 13.2. The Bertz CT molecular complexity index is 1660. The molecule has 0 aromatic heterocycles. The van der Waals surface area contributed by atoms with Crippen LogP contribution in [0.15, 0.2) is 109 Å². The molecule has 1 aliphatic carbocycles. The third-order valence-corrected chi connectivity index (χ3v) is 15.2. The smallest absolute Gasteiger partial charge is 0.250 e. The predicted octanol–water partition coefficient (Wildman–Crippen LogP) is 9.35. The first-order valence-electron chi connectivity index (χ1n) is 18.1. The van der Waals surface area contributed by atoms with Crippen LogP contribution in [0.4, 0.5) is 0 Å². The van der Waals surface area contributed by atoms with Gasteiger partial charge in [0, 0.05) is 5.92 Å². The van der Waals surface area contributed by atoms with Crippen LogP contribution in [-0.2, 0) is 45.2 Å². The third kappa shape index (κ3) is 8.25. The summed E-state index contributed by atoms with van der Waals surface area (Å²) in [4.78, 5) is 0. The number of aliphatic hydroxyl groups is 1. The fraction of sp³-hybridized carbons (Fsp3) is 0.442. The van der Waals surface area contributed by atoms with Crippen molar-refractivity contribution in [1.29, 1.82) is 0 Å². The Labute approximate surface area is 299 Å². The number of benzene rings is 4. The Hall–Kier alpha value is -3.30. The number of rotatable bonds is 12. The summed E-state index contributed by atoms with van der Waals surface area (Å²) in [6, 6.07) is 36.7. The maximum absolute atomic E-state index is 13.2. The van der Waals surface area contributed by atoms with Crippen molar-refractivity contribution in [2.45, 2.75) is 121 Å². The van der Waals surface area contributed by atoms with Crippen molar-refractivity contribution < 1.29 is 28.5 Å². The van der Waals surface area contributed by atoms with Crippen molar-refractivity contribution in [2.75, 3.05) is 0 Å². The van der Waals surface area contributed by atoms with E-state index in [1.165, 1.54) is 5.56 Å². The summed E-state index contributed by atoms with van der Waals surface area (Å²) in [5.74, 6) is -1.22. The highest BCUT2D eigenvalue weighted by atomic mass is 28.4. The Morgan fingerprint density at radius 2 is 1.26 bits per heavy atom. The van der Waals surface area contributed by atoms with E-state index < -0.39 is 38.5 Å². The van der Waals surface area contributed by atoms with E-state index in [9.17, 15) is 5.11 Å². The van der Waals surface area contributed by atoms with Gasteiger partial charge in [-0.25, -0.2) is 0 Å². The molecule has 4 aromatic rings. The summed E-state index contributed by atoms with van der Waals surface area (Å²) >= 11 is 0. The molecule has 1 aliphatic heterocycles. The first-order chi connectivity index (χ1) is 23.9. The lowest BCUT2D eigenvalue weighted by Gasteiger charge is -2.53. The monoisotopic (exact) mass is 694 g/mol. The van der Waals surface area contributed by atoms with E-state index in [1.54, 1.807) is 0 Å². The van der Waals surface area contributed by atoms with Crippen LogP contribution in [0.25, 0.3) is 0 Å². The lowest BCUT2D eigenvalue weighted by atomic mass is 9.73. The van der Waals surface area contributed by atoms with Crippen LogP contribution >= 0.6 is 0 Å². The van der Waals surface area contributed by atoms with Gasteiger partial charge in [-0.2, -0.15) is 0 Å². The van der Waals surface area contributed by atoms with Crippen molar-refractivity contribution in [3.63, 3.8) is 0 Å². The number of fused-ring (bicyclic) bond motifs is 1. The van der Waals surface area contributed by atoms with Crippen LogP contribution in [0.3, 0.4) is 0 Å². The number of hydrogen-bond donors (Lipinski definition) is 1. The lowest BCUT2D eigenvalue weighted by molar-refractivity contribution is -0.372. The van der Waals surface area contributed by atoms with Crippen molar-refractivity contribution in [1.82, 2.24) is 0 Å². The van der Waals surface area contributed by atoms with Crippen LogP contribution < -0.4 is 4.43 Å². The average molecular weight is 695 g/mol. The van der Waals surface area contributed by atoms with E-state index in [-0.39, 0.29) is 17.6 Å². The highest BCUT2D eigenvalue weighted by Crippen LogP contribution is 2.49. The van der Waals surface area contributed by atoms with Crippen LogP contribution in [0.5, 0.6) is 5.75 Å². The van der Waals surface area contributed by atoms with Gasteiger partial charge in [0.05, 0.1) is 25.9 Å². The minimum absolute atomic E-state index is 0.0524. The molecule has 6 rings (SSSR count). The van der Waals surface area contributed by atoms with Crippen molar-refractivity contribution in [3.8, 4) is 5.75 Å². The molecule has 1 saturated heterocycles. The van der Waals surface area contributed by atoms with Gasteiger partial charge in [-0.1, -0.05) is 118 Å². The fourth-order valence-corrected chi connectivity index (χ4v) is 8.05. The summed E-state index contributed by atoms with van der Waals surface area (Å²) in [7, 11) is -2.10. The molecule has 0 spiro atoms.